The van der Waals surface area contributed by atoms with E-state index in [2.05, 4.69) is 33.6 Å². The van der Waals surface area contributed by atoms with Crippen LogP contribution in [0.25, 0.3) is 0 Å². The Morgan fingerprint density at radius 1 is 1.10 bits per heavy atom. The van der Waals surface area contributed by atoms with Gasteiger partial charge in [0.15, 0.2) is 0 Å². The molecule has 39 heavy (non-hydrogen) atoms. The number of aliphatic imine (C=N–C) groups is 1. The highest BCUT2D eigenvalue weighted by molar-refractivity contribution is 6.03. The molecule has 1 amide bonds. The maximum Gasteiger partial charge on any atom is 0.251 e. The molecular weight excluding hydrogens is 491 g/mol. The number of hydrogen-bond donors (Lipinski definition) is 1. The van der Waals surface area contributed by atoms with Crippen LogP contribution in [0.15, 0.2) is 70.3 Å². The fraction of sp³-hybridized carbons (Fsp3) is 0.500. The highest BCUT2D eigenvalue weighted by Gasteiger charge is 2.25. The number of rotatable bonds is 11. The summed E-state index contributed by atoms with van der Waals surface area (Å²) in [7, 11) is 0. The number of piperazine rings is 1. The van der Waals surface area contributed by atoms with Crippen molar-refractivity contribution in [2.75, 3.05) is 38.0 Å². The van der Waals surface area contributed by atoms with Crippen LogP contribution in [0.4, 0.5) is 10.1 Å². The SMILES string of the molecule is C=C(C=C(C)C(=O)Nc1ccc(CN2CCN(CC)CC2)c(C(C)(C)F)c1)O/C(C)=C/C(C)=NC(C)=C1CC1. The number of benzene rings is 1. The lowest BCUT2D eigenvalue weighted by Crippen LogP contribution is -2.45. The molecule has 1 aliphatic heterocycles. The van der Waals surface area contributed by atoms with Crippen molar-refractivity contribution >= 4 is 17.3 Å². The van der Waals surface area contributed by atoms with Crippen LogP contribution in [0, 0.1) is 0 Å². The van der Waals surface area contributed by atoms with Gasteiger partial charge < -0.3 is 15.0 Å². The average molecular weight is 537 g/mol. The van der Waals surface area contributed by atoms with Crippen LogP contribution in [-0.4, -0.2) is 54.1 Å². The Balaban J connectivity index is 1.63. The average Bonchev–Trinajstić information content (AvgIpc) is 3.70. The molecule has 6 nitrogen and oxygen atoms in total. The summed E-state index contributed by atoms with van der Waals surface area (Å²) < 4.78 is 21.0. The van der Waals surface area contributed by atoms with E-state index in [4.69, 9.17) is 4.74 Å². The molecule has 1 saturated carbocycles. The molecule has 1 heterocycles. The lowest BCUT2D eigenvalue weighted by molar-refractivity contribution is -0.112. The van der Waals surface area contributed by atoms with Gasteiger partial charge in [0.1, 0.15) is 17.2 Å². The summed E-state index contributed by atoms with van der Waals surface area (Å²) in [6, 6.07) is 5.53. The van der Waals surface area contributed by atoms with Crippen molar-refractivity contribution in [1.29, 1.82) is 0 Å². The van der Waals surface area contributed by atoms with Gasteiger partial charge in [-0.15, -0.1) is 0 Å². The summed E-state index contributed by atoms with van der Waals surface area (Å²) in [5, 5.41) is 2.90. The van der Waals surface area contributed by atoms with E-state index in [0.29, 0.717) is 34.9 Å². The number of hydrogen-bond acceptors (Lipinski definition) is 5. The molecule has 1 N–H and O–H groups in total. The van der Waals surface area contributed by atoms with Crippen molar-refractivity contribution < 1.29 is 13.9 Å². The predicted molar refractivity (Wildman–Crippen MR) is 159 cm³/mol. The summed E-state index contributed by atoms with van der Waals surface area (Å²) in [5.74, 6) is 0.697. The third-order valence-electron chi connectivity index (χ3n) is 7.11. The van der Waals surface area contributed by atoms with Crippen molar-refractivity contribution in [2.45, 2.75) is 73.5 Å². The summed E-state index contributed by atoms with van der Waals surface area (Å²) in [4.78, 5) is 22.3. The van der Waals surface area contributed by atoms with Gasteiger partial charge in [-0.05, 0) is 102 Å². The summed E-state index contributed by atoms with van der Waals surface area (Å²) in [5.41, 5.74) is 4.33. The fourth-order valence-corrected chi connectivity index (χ4v) is 4.75. The normalized spacial score (nSPS) is 17.7. The van der Waals surface area contributed by atoms with Gasteiger partial charge in [0, 0.05) is 55.4 Å². The van der Waals surface area contributed by atoms with Crippen LogP contribution in [0.2, 0.25) is 0 Å². The van der Waals surface area contributed by atoms with Crippen molar-refractivity contribution in [2.24, 2.45) is 4.99 Å². The zero-order valence-corrected chi connectivity index (χ0v) is 24.8. The molecule has 0 spiro atoms. The van der Waals surface area contributed by atoms with Gasteiger partial charge in [-0.1, -0.05) is 19.6 Å². The standard InChI is InChI=1S/C32H45FN4O2/c1-9-36-14-16-37(17-15-36)21-28-12-13-29(20-30(28)32(7,8)33)35-31(38)22(2)18-24(4)39-25(5)19-23(3)34-26(6)27-10-11-27/h12-13,18-20H,4,9-11,14-17,21H2,1-3,5-8H3,(H,35,38)/b22-18?,25-19+,34-23?. The van der Waals surface area contributed by atoms with E-state index in [0.717, 1.165) is 62.5 Å². The Hall–Kier alpha value is -3.03. The number of likely N-dealkylation sites (N-methyl/N-ethyl adjacent to an activating group) is 1. The topological polar surface area (TPSA) is 57.2 Å². The summed E-state index contributed by atoms with van der Waals surface area (Å²) in [6.45, 7) is 22.5. The number of nitrogens with zero attached hydrogens (tertiary/aromatic N) is 3. The first kappa shape index (κ1) is 30.5. The van der Waals surface area contributed by atoms with E-state index >= 15 is 4.39 Å². The lowest BCUT2D eigenvalue weighted by Gasteiger charge is -2.35. The molecule has 7 heteroatoms. The largest absolute Gasteiger partial charge is 0.463 e. The maximum atomic E-state index is 15.2. The highest BCUT2D eigenvalue weighted by atomic mass is 19.1. The van der Waals surface area contributed by atoms with Gasteiger partial charge in [-0.25, -0.2) is 4.39 Å². The van der Waals surface area contributed by atoms with Crippen LogP contribution in [0.1, 0.15) is 72.4 Å². The van der Waals surface area contributed by atoms with Gasteiger partial charge in [0.25, 0.3) is 5.91 Å². The Labute approximate surface area is 234 Å². The van der Waals surface area contributed by atoms with Crippen molar-refractivity contribution in [1.82, 2.24) is 9.80 Å². The molecule has 3 rings (SSSR count). The number of carbonyl (C=O) groups excluding carboxylic acids is 1. The Kier molecular flexibility index (Phi) is 10.4. The zero-order chi connectivity index (χ0) is 28.7. The van der Waals surface area contributed by atoms with Crippen LogP contribution >= 0.6 is 0 Å². The Morgan fingerprint density at radius 2 is 1.74 bits per heavy atom. The second kappa shape index (κ2) is 13.4. The molecule has 1 aromatic carbocycles. The van der Waals surface area contributed by atoms with E-state index in [1.165, 1.54) is 5.57 Å². The second-order valence-corrected chi connectivity index (χ2v) is 11.1. The van der Waals surface area contributed by atoms with Crippen LogP contribution < -0.4 is 5.32 Å². The number of halogens is 1. The molecule has 0 aromatic heterocycles. The molecule has 1 aliphatic carbocycles. The summed E-state index contributed by atoms with van der Waals surface area (Å²) in [6.07, 6.45) is 5.73. The minimum atomic E-state index is -1.53. The molecular formula is C32H45FN4O2. The number of amides is 1. The molecule has 0 unspecified atom stereocenters. The predicted octanol–water partition coefficient (Wildman–Crippen LogP) is 6.88. The van der Waals surface area contributed by atoms with Crippen LogP contribution in [0.3, 0.4) is 0 Å². The van der Waals surface area contributed by atoms with Crippen molar-refractivity contribution in [3.8, 4) is 0 Å². The first-order valence-electron chi connectivity index (χ1n) is 13.9. The van der Waals surface area contributed by atoms with E-state index in [9.17, 15) is 4.79 Å². The smallest absolute Gasteiger partial charge is 0.251 e. The third-order valence-corrected chi connectivity index (χ3v) is 7.11. The van der Waals surface area contributed by atoms with E-state index in [1.807, 2.05) is 39.0 Å². The number of carbonyl (C=O) groups is 1. The Morgan fingerprint density at radius 3 is 2.33 bits per heavy atom. The maximum absolute atomic E-state index is 15.2. The number of anilines is 1. The summed E-state index contributed by atoms with van der Waals surface area (Å²) >= 11 is 0. The molecule has 2 fully saturated rings. The van der Waals surface area contributed by atoms with Crippen molar-refractivity contribution in [3.63, 3.8) is 0 Å². The molecule has 1 aromatic rings. The number of alkyl halides is 1. The minimum Gasteiger partial charge on any atom is -0.463 e. The molecule has 0 radical (unpaired) electrons. The van der Waals surface area contributed by atoms with Gasteiger partial charge in [-0.3, -0.25) is 14.7 Å². The van der Waals surface area contributed by atoms with E-state index in [-0.39, 0.29) is 5.91 Å². The number of nitrogens with one attached hydrogen (secondary N) is 1. The van der Waals surface area contributed by atoms with Gasteiger partial charge in [0.05, 0.1) is 0 Å². The van der Waals surface area contributed by atoms with E-state index in [1.54, 1.807) is 32.9 Å². The van der Waals surface area contributed by atoms with Gasteiger partial charge >= 0.3 is 0 Å². The first-order valence-corrected chi connectivity index (χ1v) is 13.9. The van der Waals surface area contributed by atoms with Crippen LogP contribution in [-0.2, 0) is 21.7 Å². The molecule has 1 saturated heterocycles. The highest BCUT2D eigenvalue weighted by Crippen LogP contribution is 2.32. The molecule has 0 bridgehead atoms. The zero-order valence-electron chi connectivity index (χ0n) is 24.8. The van der Waals surface area contributed by atoms with Crippen LogP contribution in [0.5, 0.6) is 0 Å². The monoisotopic (exact) mass is 536 g/mol. The molecule has 2 aliphatic rings. The number of ether oxygens (including phenoxy) is 1. The lowest BCUT2D eigenvalue weighted by atomic mass is 9.93. The van der Waals surface area contributed by atoms with Crippen molar-refractivity contribution in [3.05, 3.63) is 76.4 Å². The van der Waals surface area contributed by atoms with Gasteiger partial charge in [0.2, 0.25) is 0 Å². The van der Waals surface area contributed by atoms with Gasteiger partial charge in [-0.2, -0.15) is 0 Å². The Bertz CT molecular complexity index is 1190. The third kappa shape index (κ3) is 9.59. The fourth-order valence-electron chi connectivity index (χ4n) is 4.75. The van der Waals surface area contributed by atoms with E-state index < -0.39 is 5.67 Å². The number of allylic oxidation sites excluding steroid dienone is 5. The molecule has 212 valence electrons. The first-order chi connectivity index (χ1) is 18.3. The molecule has 0 atom stereocenters. The second-order valence-electron chi connectivity index (χ2n) is 11.1. The minimum absolute atomic E-state index is 0.295. The quantitative estimate of drug-likeness (QED) is 0.145.